The Labute approximate surface area is 162 Å². The van der Waals surface area contributed by atoms with Gasteiger partial charge in [-0.1, -0.05) is 42.5 Å². The topological polar surface area (TPSA) is 43.8 Å². The van der Waals surface area contributed by atoms with Gasteiger partial charge in [-0.25, -0.2) is 0 Å². The normalized spacial score (nSPS) is 20.1. The number of rotatable bonds is 5. The molecule has 3 rings (SSSR count). The standard InChI is InChI=1S/C21H23F3N2O2/c1-15-13-26(11-10-25(15)14-19(27)28)20(16-6-3-2-4-7-16)17-8-5-9-18(12-17)21(22,23)24/h2-9,12,15,20H,10-11,13-14H2,1H3,(H,27,28). The van der Waals surface area contributed by atoms with Crippen molar-refractivity contribution >= 4 is 5.97 Å². The second-order valence-corrected chi connectivity index (χ2v) is 7.14. The summed E-state index contributed by atoms with van der Waals surface area (Å²) < 4.78 is 39.7. The number of piperazine rings is 1. The number of alkyl halides is 3. The molecule has 0 saturated carbocycles. The maximum Gasteiger partial charge on any atom is 0.416 e. The summed E-state index contributed by atoms with van der Waals surface area (Å²) in [4.78, 5) is 15.1. The maximum atomic E-state index is 13.2. The lowest BCUT2D eigenvalue weighted by atomic mass is 9.94. The van der Waals surface area contributed by atoms with Gasteiger partial charge in [-0.05, 0) is 30.2 Å². The molecule has 150 valence electrons. The van der Waals surface area contributed by atoms with Crippen LogP contribution < -0.4 is 0 Å². The van der Waals surface area contributed by atoms with Gasteiger partial charge in [-0.15, -0.1) is 0 Å². The largest absolute Gasteiger partial charge is 0.480 e. The van der Waals surface area contributed by atoms with Gasteiger partial charge in [0.05, 0.1) is 18.2 Å². The SMILES string of the molecule is CC1CN(C(c2ccccc2)c2cccc(C(F)(F)F)c2)CCN1CC(=O)O. The second kappa shape index (κ2) is 8.32. The van der Waals surface area contributed by atoms with Crippen LogP contribution in [0.5, 0.6) is 0 Å². The third-order valence-corrected chi connectivity index (χ3v) is 5.15. The average molecular weight is 392 g/mol. The van der Waals surface area contributed by atoms with Crippen LogP contribution in [0.3, 0.4) is 0 Å². The van der Waals surface area contributed by atoms with Crippen molar-refractivity contribution in [3.05, 3.63) is 71.3 Å². The van der Waals surface area contributed by atoms with Crippen molar-refractivity contribution in [1.29, 1.82) is 0 Å². The van der Waals surface area contributed by atoms with Crippen molar-refractivity contribution in [2.75, 3.05) is 26.2 Å². The molecule has 0 bridgehead atoms. The fraction of sp³-hybridized carbons (Fsp3) is 0.381. The Kier molecular flexibility index (Phi) is 6.05. The first kappa shape index (κ1) is 20.4. The first-order valence-electron chi connectivity index (χ1n) is 9.17. The Hall–Kier alpha value is -2.38. The summed E-state index contributed by atoms with van der Waals surface area (Å²) in [6, 6.07) is 14.6. The second-order valence-electron chi connectivity index (χ2n) is 7.14. The van der Waals surface area contributed by atoms with Crippen LogP contribution >= 0.6 is 0 Å². The molecule has 1 aliphatic heterocycles. The Morgan fingerprint density at radius 2 is 1.79 bits per heavy atom. The maximum absolute atomic E-state index is 13.2. The van der Waals surface area contributed by atoms with Crippen molar-refractivity contribution in [2.24, 2.45) is 0 Å². The highest BCUT2D eigenvalue weighted by molar-refractivity contribution is 5.69. The highest BCUT2D eigenvalue weighted by atomic mass is 19.4. The molecule has 7 heteroatoms. The first-order valence-corrected chi connectivity index (χ1v) is 9.17. The monoisotopic (exact) mass is 392 g/mol. The molecule has 1 heterocycles. The van der Waals surface area contributed by atoms with Crippen LogP contribution in [-0.4, -0.2) is 53.1 Å². The molecule has 0 amide bonds. The number of carboxylic acid groups (broad SMARTS) is 1. The van der Waals surface area contributed by atoms with E-state index in [2.05, 4.69) is 4.90 Å². The number of aliphatic carboxylic acids is 1. The van der Waals surface area contributed by atoms with Crippen molar-refractivity contribution in [1.82, 2.24) is 9.80 Å². The zero-order chi connectivity index (χ0) is 20.3. The molecule has 28 heavy (non-hydrogen) atoms. The highest BCUT2D eigenvalue weighted by Gasteiger charge is 2.34. The minimum Gasteiger partial charge on any atom is -0.480 e. The van der Waals surface area contributed by atoms with Gasteiger partial charge in [0.1, 0.15) is 0 Å². The van der Waals surface area contributed by atoms with Gasteiger partial charge >= 0.3 is 12.1 Å². The van der Waals surface area contributed by atoms with Crippen LogP contribution in [0.4, 0.5) is 13.2 Å². The molecule has 1 saturated heterocycles. The van der Waals surface area contributed by atoms with Crippen LogP contribution in [0.1, 0.15) is 29.7 Å². The zero-order valence-corrected chi connectivity index (χ0v) is 15.6. The van der Waals surface area contributed by atoms with E-state index in [4.69, 9.17) is 5.11 Å². The van der Waals surface area contributed by atoms with E-state index < -0.39 is 17.7 Å². The smallest absolute Gasteiger partial charge is 0.416 e. The van der Waals surface area contributed by atoms with E-state index in [-0.39, 0.29) is 18.6 Å². The van der Waals surface area contributed by atoms with Crippen LogP contribution in [0.25, 0.3) is 0 Å². The van der Waals surface area contributed by atoms with Crippen LogP contribution in [0.2, 0.25) is 0 Å². The van der Waals surface area contributed by atoms with Gasteiger partial charge in [0.15, 0.2) is 0 Å². The lowest BCUT2D eigenvalue weighted by Crippen LogP contribution is -2.54. The van der Waals surface area contributed by atoms with Gasteiger partial charge in [0.25, 0.3) is 0 Å². The van der Waals surface area contributed by atoms with Crippen LogP contribution in [-0.2, 0) is 11.0 Å². The fourth-order valence-electron chi connectivity index (χ4n) is 3.80. The quantitative estimate of drug-likeness (QED) is 0.839. The highest BCUT2D eigenvalue weighted by Crippen LogP contribution is 2.35. The lowest BCUT2D eigenvalue weighted by molar-refractivity contribution is -0.139. The number of hydrogen-bond donors (Lipinski definition) is 1. The number of carbonyl (C=O) groups is 1. The van der Waals surface area contributed by atoms with Crippen molar-refractivity contribution in [3.8, 4) is 0 Å². The molecular formula is C21H23F3N2O2. The molecule has 1 aliphatic rings. The van der Waals surface area contributed by atoms with Gasteiger partial charge in [0, 0.05) is 25.7 Å². The Morgan fingerprint density at radius 1 is 1.11 bits per heavy atom. The molecule has 2 unspecified atom stereocenters. The van der Waals surface area contributed by atoms with Gasteiger partial charge in [-0.3, -0.25) is 14.6 Å². The van der Waals surface area contributed by atoms with Crippen LogP contribution in [0, 0.1) is 0 Å². The van der Waals surface area contributed by atoms with E-state index >= 15 is 0 Å². The lowest BCUT2D eigenvalue weighted by Gasteiger charge is -2.43. The van der Waals surface area contributed by atoms with E-state index in [9.17, 15) is 18.0 Å². The Balaban J connectivity index is 1.93. The molecule has 4 nitrogen and oxygen atoms in total. The minimum absolute atomic E-state index is 0.0122. The number of benzene rings is 2. The predicted octanol–water partition coefficient (Wildman–Crippen LogP) is 3.89. The molecule has 1 fully saturated rings. The summed E-state index contributed by atoms with van der Waals surface area (Å²) in [7, 11) is 0. The Morgan fingerprint density at radius 3 is 2.39 bits per heavy atom. The van der Waals surface area contributed by atoms with E-state index in [1.807, 2.05) is 42.2 Å². The summed E-state index contributed by atoms with van der Waals surface area (Å²) >= 11 is 0. The molecule has 2 aromatic carbocycles. The molecule has 0 aliphatic carbocycles. The summed E-state index contributed by atoms with van der Waals surface area (Å²) in [6.45, 7) is 3.62. The summed E-state index contributed by atoms with van der Waals surface area (Å²) in [5.41, 5.74) is 0.837. The third-order valence-electron chi connectivity index (χ3n) is 5.15. The van der Waals surface area contributed by atoms with Crippen LogP contribution in [0.15, 0.2) is 54.6 Å². The Bertz CT molecular complexity index is 811. The molecule has 2 atom stereocenters. The summed E-state index contributed by atoms with van der Waals surface area (Å²) in [6.07, 6.45) is -4.40. The zero-order valence-electron chi connectivity index (χ0n) is 15.6. The molecule has 0 radical (unpaired) electrons. The summed E-state index contributed by atoms with van der Waals surface area (Å²) in [5, 5.41) is 9.06. The van der Waals surface area contributed by atoms with E-state index in [0.717, 1.165) is 11.6 Å². The van der Waals surface area contributed by atoms with E-state index in [1.54, 1.807) is 6.07 Å². The number of hydrogen-bond acceptors (Lipinski definition) is 3. The molecule has 2 aromatic rings. The minimum atomic E-state index is -4.40. The van der Waals surface area contributed by atoms with Crippen molar-refractivity contribution in [3.63, 3.8) is 0 Å². The van der Waals surface area contributed by atoms with E-state index in [1.165, 1.54) is 12.1 Å². The van der Waals surface area contributed by atoms with Gasteiger partial charge < -0.3 is 5.11 Å². The average Bonchev–Trinajstić information content (AvgIpc) is 2.64. The number of halogens is 3. The third kappa shape index (κ3) is 4.72. The summed E-state index contributed by atoms with van der Waals surface area (Å²) in [5.74, 6) is -0.877. The molecular weight excluding hydrogens is 369 g/mol. The van der Waals surface area contributed by atoms with E-state index in [0.29, 0.717) is 25.2 Å². The predicted molar refractivity (Wildman–Crippen MR) is 100.0 cm³/mol. The number of carboxylic acids is 1. The van der Waals surface area contributed by atoms with Crippen molar-refractivity contribution in [2.45, 2.75) is 25.2 Å². The molecule has 1 N–H and O–H groups in total. The van der Waals surface area contributed by atoms with Gasteiger partial charge in [-0.2, -0.15) is 13.2 Å². The van der Waals surface area contributed by atoms with Crippen molar-refractivity contribution < 1.29 is 23.1 Å². The molecule has 0 aromatic heterocycles. The van der Waals surface area contributed by atoms with Gasteiger partial charge in [0.2, 0.25) is 0 Å². The molecule has 0 spiro atoms. The number of nitrogens with zero attached hydrogens (tertiary/aromatic N) is 2. The fourth-order valence-corrected chi connectivity index (χ4v) is 3.80. The first-order chi connectivity index (χ1) is 13.3.